The first-order valence-corrected chi connectivity index (χ1v) is 9.20. The van der Waals surface area contributed by atoms with E-state index in [-0.39, 0.29) is 5.92 Å². The van der Waals surface area contributed by atoms with E-state index in [4.69, 9.17) is 10.6 Å². The molecule has 1 N–H and O–H groups in total. The van der Waals surface area contributed by atoms with Gasteiger partial charge in [-0.1, -0.05) is 43.2 Å². The monoisotopic (exact) mass is 359 g/mol. The lowest BCUT2D eigenvalue weighted by Crippen LogP contribution is -2.10. The SMILES string of the molecule is CC(C(=O)O)c1ccc(CC2CCCC2=O)cc1.CC(C)CCN=[N+]=[N-]. The molecule has 1 aromatic carbocycles. The third-order valence-electron chi connectivity index (χ3n) is 4.63. The Kier molecular flexibility index (Phi) is 9.45. The van der Waals surface area contributed by atoms with E-state index in [0.717, 1.165) is 43.2 Å². The summed E-state index contributed by atoms with van der Waals surface area (Å²) in [6, 6.07) is 7.60. The summed E-state index contributed by atoms with van der Waals surface area (Å²) in [6.45, 7) is 6.52. The van der Waals surface area contributed by atoms with Crippen molar-refractivity contribution in [1.29, 1.82) is 0 Å². The molecule has 6 heteroatoms. The van der Waals surface area contributed by atoms with Crippen LogP contribution in [0.2, 0.25) is 0 Å². The van der Waals surface area contributed by atoms with Gasteiger partial charge in [0.25, 0.3) is 0 Å². The van der Waals surface area contributed by atoms with Gasteiger partial charge in [0.1, 0.15) is 5.78 Å². The van der Waals surface area contributed by atoms with Gasteiger partial charge in [-0.25, -0.2) is 0 Å². The molecule has 2 atom stereocenters. The number of hydrogen-bond acceptors (Lipinski definition) is 3. The summed E-state index contributed by atoms with van der Waals surface area (Å²) in [5, 5.41) is 12.3. The van der Waals surface area contributed by atoms with Crippen LogP contribution in [0.5, 0.6) is 0 Å². The van der Waals surface area contributed by atoms with Crippen LogP contribution in [-0.4, -0.2) is 23.4 Å². The molecular formula is C20H29N3O3. The summed E-state index contributed by atoms with van der Waals surface area (Å²) in [7, 11) is 0. The summed E-state index contributed by atoms with van der Waals surface area (Å²) < 4.78 is 0. The van der Waals surface area contributed by atoms with Crippen molar-refractivity contribution in [2.75, 3.05) is 6.54 Å². The van der Waals surface area contributed by atoms with Crippen LogP contribution >= 0.6 is 0 Å². The van der Waals surface area contributed by atoms with E-state index in [1.54, 1.807) is 6.92 Å². The Balaban J connectivity index is 0.000000359. The molecule has 0 heterocycles. The van der Waals surface area contributed by atoms with Gasteiger partial charge in [0.2, 0.25) is 0 Å². The van der Waals surface area contributed by atoms with Crippen LogP contribution in [0.4, 0.5) is 0 Å². The Morgan fingerprint density at radius 3 is 2.42 bits per heavy atom. The lowest BCUT2D eigenvalue weighted by atomic mass is 9.94. The number of hydrogen-bond donors (Lipinski definition) is 1. The van der Waals surface area contributed by atoms with Gasteiger partial charge in [-0.3, -0.25) is 9.59 Å². The summed E-state index contributed by atoms with van der Waals surface area (Å²) in [5.74, 6) is -0.105. The van der Waals surface area contributed by atoms with Crippen molar-refractivity contribution < 1.29 is 14.7 Å². The molecule has 0 bridgehead atoms. The second-order valence-corrected chi connectivity index (χ2v) is 7.20. The largest absolute Gasteiger partial charge is 0.481 e. The fraction of sp³-hybridized carbons (Fsp3) is 0.600. The summed E-state index contributed by atoms with van der Waals surface area (Å²) >= 11 is 0. The topological polar surface area (TPSA) is 103 Å². The van der Waals surface area contributed by atoms with E-state index in [0.29, 0.717) is 18.2 Å². The fourth-order valence-corrected chi connectivity index (χ4v) is 2.83. The van der Waals surface area contributed by atoms with Crippen molar-refractivity contribution in [2.24, 2.45) is 17.0 Å². The van der Waals surface area contributed by atoms with E-state index >= 15 is 0 Å². The van der Waals surface area contributed by atoms with Gasteiger partial charge in [0.15, 0.2) is 0 Å². The zero-order chi connectivity index (χ0) is 19.5. The van der Waals surface area contributed by atoms with Crippen molar-refractivity contribution in [3.8, 4) is 0 Å². The van der Waals surface area contributed by atoms with E-state index in [9.17, 15) is 9.59 Å². The number of aliphatic carboxylic acids is 1. The molecule has 0 radical (unpaired) electrons. The lowest BCUT2D eigenvalue weighted by molar-refractivity contribution is -0.138. The molecule has 2 rings (SSSR count). The summed E-state index contributed by atoms with van der Waals surface area (Å²) in [6.07, 6.45) is 4.51. The van der Waals surface area contributed by atoms with E-state index in [2.05, 4.69) is 23.9 Å². The minimum Gasteiger partial charge on any atom is -0.481 e. The van der Waals surface area contributed by atoms with E-state index in [1.165, 1.54) is 0 Å². The quantitative estimate of drug-likeness (QED) is 0.414. The van der Waals surface area contributed by atoms with E-state index < -0.39 is 11.9 Å². The van der Waals surface area contributed by atoms with Crippen LogP contribution in [-0.2, 0) is 16.0 Å². The number of carboxylic acid groups (broad SMARTS) is 1. The smallest absolute Gasteiger partial charge is 0.310 e. The van der Waals surface area contributed by atoms with E-state index in [1.807, 2.05) is 24.3 Å². The Bertz CT molecular complexity index is 634. The number of carboxylic acids is 1. The first-order valence-electron chi connectivity index (χ1n) is 9.20. The van der Waals surface area contributed by atoms with Gasteiger partial charge < -0.3 is 5.11 Å². The standard InChI is InChI=1S/C15H18O3.C5H11N3/c1-10(15(17)18)12-7-5-11(6-8-12)9-13-3-2-4-14(13)16;1-5(2)3-4-7-8-6/h5-8,10,13H,2-4,9H2,1H3,(H,17,18);5H,3-4H2,1-2H3. The first-order chi connectivity index (χ1) is 12.3. The van der Waals surface area contributed by atoms with Gasteiger partial charge in [0.05, 0.1) is 5.92 Å². The summed E-state index contributed by atoms with van der Waals surface area (Å²) in [4.78, 5) is 25.1. The maximum atomic E-state index is 11.6. The Labute approximate surface area is 155 Å². The fourth-order valence-electron chi connectivity index (χ4n) is 2.83. The van der Waals surface area contributed by atoms with Gasteiger partial charge in [-0.05, 0) is 55.2 Å². The van der Waals surface area contributed by atoms with Gasteiger partial charge in [-0.15, -0.1) is 0 Å². The number of rotatable bonds is 7. The molecule has 0 aromatic heterocycles. The molecular weight excluding hydrogens is 330 g/mol. The normalized spacial score (nSPS) is 17.2. The summed E-state index contributed by atoms with van der Waals surface area (Å²) in [5.41, 5.74) is 9.77. The predicted octanol–water partition coefficient (Wildman–Crippen LogP) is 5.13. The van der Waals surface area contributed by atoms with Crippen molar-refractivity contribution in [3.63, 3.8) is 0 Å². The molecule has 1 fully saturated rings. The highest BCUT2D eigenvalue weighted by atomic mass is 16.4. The average molecular weight is 359 g/mol. The van der Waals surface area contributed by atoms with Crippen LogP contribution in [0.25, 0.3) is 10.4 Å². The highest BCUT2D eigenvalue weighted by Gasteiger charge is 2.24. The number of carbonyl (C=O) groups is 2. The number of azide groups is 1. The molecule has 1 aliphatic rings. The number of nitrogens with zero attached hydrogens (tertiary/aromatic N) is 3. The molecule has 6 nitrogen and oxygen atoms in total. The zero-order valence-electron chi connectivity index (χ0n) is 15.9. The average Bonchev–Trinajstić information content (AvgIpc) is 3.00. The second kappa shape index (κ2) is 11.3. The predicted molar refractivity (Wildman–Crippen MR) is 102 cm³/mol. The lowest BCUT2D eigenvalue weighted by Gasteiger charge is -2.10. The minimum atomic E-state index is -0.811. The molecule has 0 amide bonds. The number of carbonyl (C=O) groups excluding carboxylic acids is 1. The molecule has 2 unspecified atom stereocenters. The van der Waals surface area contributed by atoms with Crippen LogP contribution in [0.3, 0.4) is 0 Å². The molecule has 1 aromatic rings. The van der Waals surface area contributed by atoms with Crippen LogP contribution in [0.15, 0.2) is 29.4 Å². The molecule has 0 saturated heterocycles. The number of benzene rings is 1. The van der Waals surface area contributed by atoms with Gasteiger partial charge in [-0.2, -0.15) is 0 Å². The van der Waals surface area contributed by atoms with Crippen molar-refractivity contribution in [1.82, 2.24) is 0 Å². The highest BCUT2D eigenvalue weighted by Crippen LogP contribution is 2.25. The van der Waals surface area contributed by atoms with Crippen LogP contribution < -0.4 is 0 Å². The van der Waals surface area contributed by atoms with Crippen LogP contribution in [0, 0.1) is 11.8 Å². The second-order valence-electron chi connectivity index (χ2n) is 7.20. The van der Waals surface area contributed by atoms with Crippen molar-refractivity contribution >= 4 is 11.8 Å². The first kappa shape index (κ1) is 21.7. The maximum absolute atomic E-state index is 11.6. The molecule has 0 spiro atoms. The highest BCUT2D eigenvalue weighted by molar-refractivity contribution is 5.83. The van der Waals surface area contributed by atoms with Gasteiger partial charge in [0, 0.05) is 23.8 Å². The van der Waals surface area contributed by atoms with Crippen LogP contribution in [0.1, 0.15) is 63.5 Å². The number of Topliss-reactive ketones (excluding diaryl/α,β-unsaturated/α-hetero) is 1. The Morgan fingerprint density at radius 1 is 1.31 bits per heavy atom. The Morgan fingerprint density at radius 2 is 1.96 bits per heavy atom. The third-order valence-corrected chi connectivity index (χ3v) is 4.63. The minimum absolute atomic E-state index is 0.174. The maximum Gasteiger partial charge on any atom is 0.310 e. The molecule has 142 valence electrons. The molecule has 1 saturated carbocycles. The molecule has 0 aliphatic heterocycles. The molecule has 26 heavy (non-hydrogen) atoms. The van der Waals surface area contributed by atoms with Gasteiger partial charge >= 0.3 is 5.97 Å². The number of ketones is 1. The Hall–Kier alpha value is -2.33. The third kappa shape index (κ3) is 7.70. The van der Waals surface area contributed by atoms with Crippen molar-refractivity contribution in [3.05, 3.63) is 45.8 Å². The zero-order valence-corrected chi connectivity index (χ0v) is 15.9. The molecule has 1 aliphatic carbocycles. The van der Waals surface area contributed by atoms with Crippen molar-refractivity contribution in [2.45, 2.75) is 58.8 Å².